The Morgan fingerprint density at radius 3 is 2.78 bits per heavy atom. The van der Waals surface area contributed by atoms with Gasteiger partial charge in [-0.2, -0.15) is 0 Å². The van der Waals surface area contributed by atoms with Crippen LogP contribution in [-0.2, 0) is 6.42 Å². The Morgan fingerprint density at radius 1 is 1.26 bits per heavy atom. The van der Waals surface area contributed by atoms with Crippen LogP contribution in [0.3, 0.4) is 0 Å². The van der Waals surface area contributed by atoms with E-state index >= 15 is 0 Å². The Balaban J connectivity index is 1.78. The van der Waals surface area contributed by atoms with E-state index in [1.54, 1.807) is 0 Å². The van der Waals surface area contributed by atoms with Gasteiger partial charge in [-0.25, -0.2) is 4.98 Å². The molecule has 0 aromatic carbocycles. The molecule has 3 rings (SSSR count). The minimum atomic E-state index is -0.201. The normalized spacial score (nSPS) is 10.9. The molecule has 0 fully saturated rings. The van der Waals surface area contributed by atoms with Crippen molar-refractivity contribution in [2.45, 2.75) is 26.7 Å². The van der Waals surface area contributed by atoms with Crippen LogP contribution in [0.1, 0.15) is 33.7 Å². The molecule has 9 heteroatoms. The van der Waals surface area contributed by atoms with Crippen molar-refractivity contribution >= 4 is 56.7 Å². The summed E-state index contributed by atoms with van der Waals surface area (Å²) in [4.78, 5) is 18.4. The monoisotopic (exact) mass is 384 g/mol. The molecular formula is C14H13ClN4OS3. The molecule has 3 aromatic heterocycles. The van der Waals surface area contributed by atoms with E-state index in [4.69, 9.17) is 11.6 Å². The van der Waals surface area contributed by atoms with Gasteiger partial charge in [0.2, 0.25) is 5.13 Å². The maximum atomic E-state index is 12.4. The number of halogens is 1. The molecule has 120 valence electrons. The van der Waals surface area contributed by atoms with Crippen LogP contribution in [0.5, 0.6) is 0 Å². The van der Waals surface area contributed by atoms with Gasteiger partial charge in [0, 0.05) is 6.42 Å². The second-order valence-electron chi connectivity index (χ2n) is 4.74. The summed E-state index contributed by atoms with van der Waals surface area (Å²) in [6.07, 6.45) is 1.87. The van der Waals surface area contributed by atoms with E-state index in [2.05, 4.69) is 27.4 Å². The Bertz CT molecular complexity index is 839. The summed E-state index contributed by atoms with van der Waals surface area (Å²) < 4.78 is 0.705. The number of aryl methyl sites for hydroxylation is 2. The van der Waals surface area contributed by atoms with E-state index in [0.717, 1.165) is 27.7 Å². The molecule has 5 nitrogen and oxygen atoms in total. The molecule has 0 aliphatic heterocycles. The van der Waals surface area contributed by atoms with Crippen molar-refractivity contribution in [2.75, 3.05) is 5.32 Å². The number of aromatic nitrogens is 3. The van der Waals surface area contributed by atoms with E-state index in [-0.39, 0.29) is 5.91 Å². The van der Waals surface area contributed by atoms with Crippen LogP contribution in [-0.4, -0.2) is 21.1 Å². The fourth-order valence-corrected chi connectivity index (χ4v) is 4.81. The van der Waals surface area contributed by atoms with Crippen LogP contribution in [0, 0.1) is 6.92 Å². The van der Waals surface area contributed by atoms with Crippen LogP contribution in [0.4, 0.5) is 5.13 Å². The summed E-state index contributed by atoms with van der Waals surface area (Å²) >= 11 is 10.2. The highest BCUT2D eigenvalue weighted by Crippen LogP contribution is 2.35. The lowest BCUT2D eigenvalue weighted by Crippen LogP contribution is -2.11. The van der Waals surface area contributed by atoms with Gasteiger partial charge in [0.05, 0.1) is 14.9 Å². The van der Waals surface area contributed by atoms with Gasteiger partial charge in [0.1, 0.15) is 14.9 Å². The van der Waals surface area contributed by atoms with Gasteiger partial charge in [-0.15, -0.1) is 32.9 Å². The topological polar surface area (TPSA) is 67.8 Å². The number of amides is 1. The first kappa shape index (κ1) is 16.5. The molecule has 3 aromatic rings. The first-order valence-electron chi connectivity index (χ1n) is 6.93. The fourth-order valence-electron chi connectivity index (χ4n) is 1.91. The fraction of sp³-hybridized carbons (Fsp3) is 0.286. The van der Waals surface area contributed by atoms with Gasteiger partial charge in [-0.1, -0.05) is 29.9 Å². The maximum absolute atomic E-state index is 12.4. The van der Waals surface area contributed by atoms with Gasteiger partial charge >= 0.3 is 0 Å². The molecule has 0 radical (unpaired) electrons. The molecule has 0 atom stereocenters. The van der Waals surface area contributed by atoms with E-state index < -0.39 is 0 Å². The van der Waals surface area contributed by atoms with Gasteiger partial charge in [-0.05, 0) is 25.5 Å². The Hall–Kier alpha value is -1.35. The third-order valence-corrected chi connectivity index (χ3v) is 6.39. The molecule has 0 spiro atoms. The number of anilines is 1. The van der Waals surface area contributed by atoms with Crippen LogP contribution < -0.4 is 5.32 Å². The van der Waals surface area contributed by atoms with E-state index in [1.165, 1.54) is 34.0 Å². The second kappa shape index (κ2) is 7.04. The van der Waals surface area contributed by atoms with Crippen LogP contribution in [0.15, 0.2) is 12.1 Å². The number of hydrogen-bond donors (Lipinski definition) is 1. The average Bonchev–Trinajstić information content (AvgIpc) is 3.20. The molecule has 1 N–H and O–H groups in total. The summed E-state index contributed by atoms with van der Waals surface area (Å²) in [6, 6.07) is 3.74. The van der Waals surface area contributed by atoms with Crippen LogP contribution >= 0.6 is 45.6 Å². The Labute approximate surface area is 150 Å². The summed E-state index contributed by atoms with van der Waals surface area (Å²) in [7, 11) is 0. The van der Waals surface area contributed by atoms with E-state index in [9.17, 15) is 4.79 Å². The van der Waals surface area contributed by atoms with Crippen molar-refractivity contribution in [3.05, 3.63) is 32.0 Å². The van der Waals surface area contributed by atoms with Crippen molar-refractivity contribution in [1.29, 1.82) is 0 Å². The van der Waals surface area contributed by atoms with Crippen molar-refractivity contribution in [3.8, 4) is 9.88 Å². The molecule has 0 aliphatic carbocycles. The highest BCUT2D eigenvalue weighted by atomic mass is 35.5. The Morgan fingerprint density at radius 2 is 2.09 bits per heavy atom. The van der Waals surface area contributed by atoms with E-state index in [0.29, 0.717) is 20.0 Å². The van der Waals surface area contributed by atoms with Crippen LogP contribution in [0.2, 0.25) is 4.34 Å². The van der Waals surface area contributed by atoms with Crippen molar-refractivity contribution < 1.29 is 4.79 Å². The number of nitrogens with one attached hydrogen (secondary N) is 1. The van der Waals surface area contributed by atoms with E-state index in [1.807, 2.05) is 19.1 Å². The lowest BCUT2D eigenvalue weighted by molar-refractivity contribution is 0.102. The molecule has 23 heavy (non-hydrogen) atoms. The highest BCUT2D eigenvalue weighted by molar-refractivity contribution is 7.24. The summed E-state index contributed by atoms with van der Waals surface area (Å²) in [5.41, 5.74) is 0.699. The second-order valence-corrected chi connectivity index (χ2v) is 8.52. The summed E-state index contributed by atoms with van der Waals surface area (Å²) in [5.74, 6) is -0.201. The molecule has 0 saturated heterocycles. The molecule has 0 aliphatic rings. The molecular weight excluding hydrogens is 372 g/mol. The predicted octanol–water partition coefficient (Wildman–Crippen LogP) is 4.89. The summed E-state index contributed by atoms with van der Waals surface area (Å²) in [6.45, 7) is 3.91. The number of carbonyl (C=O) groups is 1. The lowest BCUT2D eigenvalue weighted by atomic mass is 10.4. The average molecular weight is 385 g/mol. The molecule has 0 saturated carbocycles. The summed E-state index contributed by atoms with van der Waals surface area (Å²) in [5, 5.41) is 13.1. The van der Waals surface area contributed by atoms with Gasteiger partial charge in [-0.3, -0.25) is 10.1 Å². The quantitative estimate of drug-likeness (QED) is 0.680. The van der Waals surface area contributed by atoms with Gasteiger partial charge in [0.15, 0.2) is 0 Å². The number of hydrogen-bond acceptors (Lipinski definition) is 7. The molecule has 1 amide bonds. The van der Waals surface area contributed by atoms with Crippen molar-refractivity contribution in [1.82, 2.24) is 15.2 Å². The number of thiazole rings is 1. The highest BCUT2D eigenvalue weighted by Gasteiger charge is 2.18. The lowest BCUT2D eigenvalue weighted by Gasteiger charge is -1.97. The zero-order chi connectivity index (χ0) is 16.4. The van der Waals surface area contributed by atoms with Gasteiger partial charge < -0.3 is 0 Å². The maximum Gasteiger partial charge on any atom is 0.269 e. The first-order valence-corrected chi connectivity index (χ1v) is 9.76. The standard InChI is InChI=1S/C14H13ClN4OS3/c1-3-4-10-18-19-14(22-10)17-12(20)11-7(2)16-13(23-11)8-5-6-9(15)21-8/h5-6H,3-4H2,1-2H3,(H,17,19,20). The molecule has 0 bridgehead atoms. The number of carbonyl (C=O) groups excluding carboxylic acids is 1. The molecule has 3 heterocycles. The van der Waals surface area contributed by atoms with Crippen LogP contribution in [0.25, 0.3) is 9.88 Å². The number of thiophene rings is 1. The third-order valence-electron chi connectivity index (χ3n) is 2.94. The zero-order valence-corrected chi connectivity index (χ0v) is 15.6. The zero-order valence-electron chi connectivity index (χ0n) is 12.4. The number of rotatable bonds is 5. The SMILES string of the molecule is CCCc1nnc(NC(=O)c2sc(-c3ccc(Cl)s3)nc2C)s1. The van der Waals surface area contributed by atoms with Crippen molar-refractivity contribution in [3.63, 3.8) is 0 Å². The first-order chi connectivity index (χ1) is 11.1. The van der Waals surface area contributed by atoms with Gasteiger partial charge in [0.25, 0.3) is 5.91 Å². The Kier molecular flexibility index (Phi) is 5.05. The predicted molar refractivity (Wildman–Crippen MR) is 97.0 cm³/mol. The largest absolute Gasteiger partial charge is 0.296 e. The van der Waals surface area contributed by atoms with Crippen molar-refractivity contribution in [2.24, 2.45) is 0 Å². The minimum absolute atomic E-state index is 0.201. The molecule has 0 unspecified atom stereocenters. The minimum Gasteiger partial charge on any atom is -0.296 e. The number of nitrogens with zero attached hydrogens (tertiary/aromatic N) is 3. The smallest absolute Gasteiger partial charge is 0.269 e. The third kappa shape index (κ3) is 3.77.